The standard InChI is InChI=1S/C10H15N5O3/c11-7(16)5-15(6-3-1-2-4-6)10(17)8-9(12)14-18-13-8/h6H,1-5H2,(H2,11,16)(H2,12,14). The van der Waals surface area contributed by atoms with Gasteiger partial charge in [0.1, 0.15) is 0 Å². The van der Waals surface area contributed by atoms with Crippen molar-refractivity contribution < 1.29 is 14.2 Å². The minimum absolute atomic E-state index is 0.00102. The van der Waals surface area contributed by atoms with Crippen LogP contribution in [0.4, 0.5) is 5.82 Å². The predicted molar refractivity (Wildman–Crippen MR) is 61.2 cm³/mol. The Bertz CT molecular complexity index is 452. The molecular formula is C10H15N5O3. The van der Waals surface area contributed by atoms with Crippen molar-refractivity contribution in [3.8, 4) is 0 Å². The number of aromatic nitrogens is 2. The van der Waals surface area contributed by atoms with Gasteiger partial charge in [0, 0.05) is 6.04 Å². The highest BCUT2D eigenvalue weighted by Crippen LogP contribution is 2.25. The topological polar surface area (TPSA) is 128 Å². The molecule has 4 N–H and O–H groups in total. The second-order valence-corrected chi connectivity index (χ2v) is 4.34. The zero-order valence-corrected chi connectivity index (χ0v) is 9.83. The lowest BCUT2D eigenvalue weighted by Crippen LogP contribution is -2.44. The Morgan fingerprint density at radius 1 is 1.33 bits per heavy atom. The van der Waals surface area contributed by atoms with Crippen molar-refractivity contribution in [2.45, 2.75) is 31.7 Å². The van der Waals surface area contributed by atoms with E-state index >= 15 is 0 Å². The van der Waals surface area contributed by atoms with Gasteiger partial charge in [0.25, 0.3) is 5.91 Å². The summed E-state index contributed by atoms with van der Waals surface area (Å²) in [5, 5.41) is 6.81. The summed E-state index contributed by atoms with van der Waals surface area (Å²) in [4.78, 5) is 24.7. The van der Waals surface area contributed by atoms with Crippen molar-refractivity contribution in [2.24, 2.45) is 5.73 Å². The van der Waals surface area contributed by atoms with Crippen molar-refractivity contribution in [1.82, 2.24) is 15.2 Å². The normalized spacial score (nSPS) is 15.8. The lowest BCUT2D eigenvalue weighted by molar-refractivity contribution is -0.119. The average Bonchev–Trinajstić information content (AvgIpc) is 2.95. The first kappa shape index (κ1) is 12.3. The highest BCUT2D eigenvalue weighted by molar-refractivity contribution is 5.98. The monoisotopic (exact) mass is 253 g/mol. The zero-order valence-electron chi connectivity index (χ0n) is 9.83. The van der Waals surface area contributed by atoms with Crippen LogP contribution in [0.15, 0.2) is 4.63 Å². The molecule has 0 saturated heterocycles. The molecule has 8 nitrogen and oxygen atoms in total. The number of carbonyl (C=O) groups is 2. The van der Waals surface area contributed by atoms with Crippen LogP contribution in [0.1, 0.15) is 36.2 Å². The van der Waals surface area contributed by atoms with Crippen molar-refractivity contribution >= 4 is 17.6 Å². The first-order valence-corrected chi connectivity index (χ1v) is 5.77. The number of hydrogen-bond donors (Lipinski definition) is 2. The van der Waals surface area contributed by atoms with Crippen molar-refractivity contribution in [1.29, 1.82) is 0 Å². The molecule has 18 heavy (non-hydrogen) atoms. The fourth-order valence-electron chi connectivity index (χ4n) is 2.23. The highest BCUT2D eigenvalue weighted by atomic mass is 16.6. The molecule has 0 atom stereocenters. The van der Waals surface area contributed by atoms with Crippen LogP contribution >= 0.6 is 0 Å². The number of hydrogen-bond acceptors (Lipinski definition) is 6. The lowest BCUT2D eigenvalue weighted by Gasteiger charge is -2.26. The van der Waals surface area contributed by atoms with Gasteiger partial charge < -0.3 is 16.4 Å². The third-order valence-electron chi connectivity index (χ3n) is 3.07. The van der Waals surface area contributed by atoms with Crippen LogP contribution in [-0.2, 0) is 4.79 Å². The molecule has 1 aliphatic rings. The molecule has 0 bridgehead atoms. The third-order valence-corrected chi connectivity index (χ3v) is 3.07. The van der Waals surface area contributed by atoms with Crippen LogP contribution in [0, 0.1) is 0 Å². The van der Waals surface area contributed by atoms with Gasteiger partial charge in [-0.15, -0.1) is 0 Å². The molecule has 2 amide bonds. The largest absolute Gasteiger partial charge is 0.379 e. The molecule has 1 aromatic heterocycles. The van der Waals surface area contributed by atoms with E-state index in [9.17, 15) is 9.59 Å². The maximum Gasteiger partial charge on any atom is 0.280 e. The van der Waals surface area contributed by atoms with Crippen LogP contribution in [0.25, 0.3) is 0 Å². The van der Waals surface area contributed by atoms with Gasteiger partial charge in [-0.2, -0.15) is 0 Å². The van der Waals surface area contributed by atoms with Gasteiger partial charge in [-0.05, 0) is 23.2 Å². The number of nitrogens with zero attached hydrogens (tertiary/aromatic N) is 3. The first-order chi connectivity index (χ1) is 8.59. The summed E-state index contributed by atoms with van der Waals surface area (Å²) in [7, 11) is 0. The molecule has 0 aromatic carbocycles. The summed E-state index contributed by atoms with van der Waals surface area (Å²) in [6.07, 6.45) is 3.76. The Labute approximate surface area is 103 Å². The fourth-order valence-corrected chi connectivity index (χ4v) is 2.23. The molecule has 98 valence electrons. The summed E-state index contributed by atoms with van der Waals surface area (Å²) in [6.45, 7) is -0.143. The van der Waals surface area contributed by atoms with Gasteiger partial charge in [-0.1, -0.05) is 12.8 Å². The van der Waals surface area contributed by atoms with E-state index < -0.39 is 11.8 Å². The summed E-state index contributed by atoms with van der Waals surface area (Å²) in [5.74, 6) is -1.10. The summed E-state index contributed by atoms with van der Waals surface area (Å²) >= 11 is 0. The average molecular weight is 253 g/mol. The maximum atomic E-state index is 12.2. The molecule has 0 radical (unpaired) electrons. The molecule has 1 saturated carbocycles. The maximum absolute atomic E-state index is 12.2. The van der Waals surface area contributed by atoms with Gasteiger partial charge >= 0.3 is 0 Å². The van der Waals surface area contributed by atoms with Crippen LogP contribution in [0.2, 0.25) is 0 Å². The van der Waals surface area contributed by atoms with Gasteiger partial charge in [-0.25, -0.2) is 4.63 Å². The SMILES string of the molecule is NC(=O)CN(C(=O)c1nonc1N)C1CCCC1. The van der Waals surface area contributed by atoms with E-state index in [4.69, 9.17) is 11.5 Å². The molecule has 1 fully saturated rings. The van der Waals surface area contributed by atoms with Crippen LogP contribution in [-0.4, -0.2) is 39.6 Å². The van der Waals surface area contributed by atoms with E-state index in [0.29, 0.717) is 0 Å². The Kier molecular flexibility index (Phi) is 3.45. The second kappa shape index (κ2) is 5.03. The Balaban J connectivity index is 2.20. The van der Waals surface area contributed by atoms with E-state index in [1.165, 1.54) is 4.90 Å². The molecular weight excluding hydrogens is 238 g/mol. The number of primary amides is 1. The minimum atomic E-state index is -0.565. The van der Waals surface area contributed by atoms with Gasteiger partial charge in [-0.3, -0.25) is 9.59 Å². The second-order valence-electron chi connectivity index (χ2n) is 4.34. The number of nitrogen functional groups attached to an aromatic ring is 1. The summed E-state index contributed by atoms with van der Waals surface area (Å²) in [5.41, 5.74) is 10.6. The Morgan fingerprint density at radius 3 is 2.50 bits per heavy atom. The molecule has 2 rings (SSSR count). The number of rotatable bonds is 4. The number of carbonyl (C=O) groups excluding carboxylic acids is 2. The Hall–Kier alpha value is -2.12. The van der Waals surface area contributed by atoms with Crippen molar-refractivity contribution in [3.05, 3.63) is 5.69 Å². The summed E-state index contributed by atoms with van der Waals surface area (Å²) in [6, 6.07) is 0.00102. The molecule has 1 aromatic rings. The van der Waals surface area contributed by atoms with Gasteiger partial charge in [0.05, 0.1) is 6.54 Å². The fraction of sp³-hybridized carbons (Fsp3) is 0.600. The minimum Gasteiger partial charge on any atom is -0.379 e. The number of amides is 2. The first-order valence-electron chi connectivity index (χ1n) is 5.77. The zero-order chi connectivity index (χ0) is 13.1. The molecule has 0 aliphatic heterocycles. The van der Waals surface area contributed by atoms with Crippen LogP contribution in [0.5, 0.6) is 0 Å². The van der Waals surface area contributed by atoms with E-state index in [2.05, 4.69) is 14.9 Å². The molecule has 0 spiro atoms. The van der Waals surface area contributed by atoms with Gasteiger partial charge in [0.2, 0.25) is 17.4 Å². The van der Waals surface area contributed by atoms with Gasteiger partial charge in [0.15, 0.2) is 0 Å². The van der Waals surface area contributed by atoms with E-state index in [1.807, 2.05) is 0 Å². The van der Waals surface area contributed by atoms with E-state index in [0.717, 1.165) is 25.7 Å². The van der Waals surface area contributed by atoms with E-state index in [-0.39, 0.29) is 24.1 Å². The summed E-state index contributed by atoms with van der Waals surface area (Å²) < 4.78 is 4.40. The number of anilines is 1. The third kappa shape index (κ3) is 2.41. The lowest BCUT2D eigenvalue weighted by atomic mass is 10.2. The Morgan fingerprint density at radius 2 is 2.00 bits per heavy atom. The quantitative estimate of drug-likeness (QED) is 0.745. The van der Waals surface area contributed by atoms with Crippen LogP contribution < -0.4 is 11.5 Å². The van der Waals surface area contributed by atoms with Crippen LogP contribution in [0.3, 0.4) is 0 Å². The number of nitrogens with two attached hydrogens (primary N) is 2. The highest BCUT2D eigenvalue weighted by Gasteiger charge is 2.31. The molecule has 1 aliphatic carbocycles. The molecule has 8 heteroatoms. The van der Waals surface area contributed by atoms with Crippen molar-refractivity contribution in [2.75, 3.05) is 12.3 Å². The smallest absolute Gasteiger partial charge is 0.280 e. The predicted octanol–water partition coefficient (Wildman–Crippen LogP) is -0.478. The molecule has 0 unspecified atom stereocenters. The van der Waals surface area contributed by atoms with E-state index in [1.54, 1.807) is 0 Å². The van der Waals surface area contributed by atoms with Crippen molar-refractivity contribution in [3.63, 3.8) is 0 Å². The molecule has 1 heterocycles.